The minimum absolute atomic E-state index is 0.0763. The van der Waals surface area contributed by atoms with E-state index in [2.05, 4.69) is 4.90 Å². The Morgan fingerprint density at radius 2 is 1.63 bits per heavy atom. The zero-order valence-electron chi connectivity index (χ0n) is 22.4. The molecule has 204 valence electrons. The minimum Gasteiger partial charge on any atom is -0.497 e. The summed E-state index contributed by atoms with van der Waals surface area (Å²) in [5.41, 5.74) is 2.52. The van der Waals surface area contributed by atoms with Gasteiger partial charge in [-0.05, 0) is 30.3 Å². The molecule has 3 aliphatic rings. The Labute approximate surface area is 223 Å². The standard InChI is InChI=1S/C28H35N3O7/c1-33-20-6-7-21(25(16-20)35-3)23-17-22(19-5-8-24(34-2)26(15-19)36-4)29-31(23)27(32)18-30-11-9-28(10-12-30)37-13-14-38-28/h5-8,15-16,23H,9-14,17-18H2,1-4H3. The van der Waals surface area contributed by atoms with Gasteiger partial charge in [-0.1, -0.05) is 0 Å². The zero-order valence-corrected chi connectivity index (χ0v) is 22.4. The normalized spacial score (nSPS) is 20.9. The molecule has 2 aromatic carbocycles. The monoisotopic (exact) mass is 525 g/mol. The van der Waals surface area contributed by atoms with E-state index < -0.39 is 5.79 Å². The highest BCUT2D eigenvalue weighted by molar-refractivity contribution is 6.03. The summed E-state index contributed by atoms with van der Waals surface area (Å²) < 4.78 is 33.7. The van der Waals surface area contributed by atoms with Gasteiger partial charge in [0.2, 0.25) is 0 Å². The Morgan fingerprint density at radius 3 is 2.29 bits per heavy atom. The number of hydrogen-bond acceptors (Lipinski definition) is 9. The predicted octanol–water partition coefficient (Wildman–Crippen LogP) is 3.24. The second-order valence-corrected chi connectivity index (χ2v) is 9.57. The number of methoxy groups -OCH3 is 4. The molecule has 1 amide bonds. The van der Waals surface area contributed by atoms with Crippen molar-refractivity contribution >= 4 is 11.6 Å². The third-order valence-corrected chi connectivity index (χ3v) is 7.47. The van der Waals surface area contributed by atoms with E-state index in [0.717, 1.165) is 42.8 Å². The number of rotatable bonds is 8. The summed E-state index contributed by atoms with van der Waals surface area (Å²) in [6.45, 7) is 2.97. The fraction of sp³-hybridized carbons (Fsp3) is 0.500. The van der Waals surface area contributed by atoms with Crippen molar-refractivity contribution in [2.24, 2.45) is 5.10 Å². The van der Waals surface area contributed by atoms with Crippen molar-refractivity contribution in [3.63, 3.8) is 0 Å². The van der Waals surface area contributed by atoms with Crippen LogP contribution in [0.25, 0.3) is 0 Å². The highest BCUT2D eigenvalue weighted by Gasteiger charge is 2.41. The van der Waals surface area contributed by atoms with Crippen LogP contribution >= 0.6 is 0 Å². The zero-order chi connectivity index (χ0) is 26.7. The molecule has 2 fully saturated rings. The number of hydrazone groups is 1. The van der Waals surface area contributed by atoms with Gasteiger partial charge in [0.15, 0.2) is 17.3 Å². The van der Waals surface area contributed by atoms with Gasteiger partial charge in [0.05, 0.1) is 60.0 Å². The fourth-order valence-corrected chi connectivity index (χ4v) is 5.37. The molecule has 10 heteroatoms. The third-order valence-electron chi connectivity index (χ3n) is 7.47. The predicted molar refractivity (Wildman–Crippen MR) is 140 cm³/mol. The van der Waals surface area contributed by atoms with E-state index in [-0.39, 0.29) is 18.5 Å². The number of piperidine rings is 1. The first-order valence-electron chi connectivity index (χ1n) is 12.8. The van der Waals surface area contributed by atoms with E-state index in [0.29, 0.717) is 42.6 Å². The first kappa shape index (κ1) is 26.3. The molecule has 0 N–H and O–H groups in total. The Hall–Kier alpha value is -3.34. The van der Waals surface area contributed by atoms with Crippen LogP contribution in [0, 0.1) is 0 Å². The van der Waals surface area contributed by atoms with Gasteiger partial charge >= 0.3 is 0 Å². The molecule has 1 unspecified atom stereocenters. The second kappa shape index (κ2) is 11.2. The number of carbonyl (C=O) groups is 1. The van der Waals surface area contributed by atoms with Gasteiger partial charge in [0, 0.05) is 49.5 Å². The summed E-state index contributed by atoms with van der Waals surface area (Å²) in [6.07, 6.45) is 2.01. The maximum Gasteiger partial charge on any atom is 0.257 e. The number of ether oxygens (including phenoxy) is 6. The van der Waals surface area contributed by atoms with Crippen molar-refractivity contribution < 1.29 is 33.2 Å². The van der Waals surface area contributed by atoms with Crippen LogP contribution in [0.4, 0.5) is 0 Å². The smallest absolute Gasteiger partial charge is 0.257 e. The van der Waals surface area contributed by atoms with Crippen LogP contribution in [0.2, 0.25) is 0 Å². The third kappa shape index (κ3) is 5.16. The maximum atomic E-state index is 13.7. The van der Waals surface area contributed by atoms with Crippen LogP contribution in [-0.4, -0.2) is 88.6 Å². The molecule has 0 aromatic heterocycles. The van der Waals surface area contributed by atoms with Crippen LogP contribution in [0.15, 0.2) is 41.5 Å². The second-order valence-electron chi connectivity index (χ2n) is 9.57. The van der Waals surface area contributed by atoms with Crippen molar-refractivity contribution in [2.45, 2.75) is 31.1 Å². The molecular weight excluding hydrogens is 490 g/mol. The quantitative estimate of drug-likeness (QED) is 0.519. The largest absolute Gasteiger partial charge is 0.497 e. The van der Waals surface area contributed by atoms with Crippen LogP contribution in [0.1, 0.15) is 36.4 Å². The summed E-state index contributed by atoms with van der Waals surface area (Å²) >= 11 is 0. The maximum absolute atomic E-state index is 13.7. The number of nitrogens with zero attached hydrogens (tertiary/aromatic N) is 3. The molecule has 10 nitrogen and oxygen atoms in total. The Bertz CT molecular complexity index is 1180. The molecule has 38 heavy (non-hydrogen) atoms. The average Bonchev–Trinajstić information content (AvgIpc) is 3.61. The molecule has 2 saturated heterocycles. The van der Waals surface area contributed by atoms with Crippen LogP contribution in [0.5, 0.6) is 23.0 Å². The minimum atomic E-state index is -0.481. The van der Waals surface area contributed by atoms with Crippen molar-refractivity contribution in [1.82, 2.24) is 9.91 Å². The summed E-state index contributed by atoms with van der Waals surface area (Å²) in [5, 5.41) is 6.44. The Balaban J connectivity index is 1.41. The fourth-order valence-electron chi connectivity index (χ4n) is 5.37. The van der Waals surface area contributed by atoms with E-state index in [1.807, 2.05) is 36.4 Å². The molecule has 2 aromatic rings. The number of carbonyl (C=O) groups excluding carboxylic acids is 1. The summed E-state index contributed by atoms with van der Waals surface area (Å²) in [6, 6.07) is 11.0. The molecule has 1 atom stereocenters. The number of amides is 1. The SMILES string of the molecule is COc1ccc(C2CC(c3ccc(OC)c(OC)c3)=NN2C(=O)CN2CCC3(CC2)OCCO3)c(OC)c1. The van der Waals surface area contributed by atoms with Crippen LogP contribution in [-0.2, 0) is 14.3 Å². The lowest BCUT2D eigenvalue weighted by molar-refractivity contribution is -0.186. The summed E-state index contributed by atoms with van der Waals surface area (Å²) in [5.74, 6) is 2.01. The van der Waals surface area contributed by atoms with Gasteiger partial charge in [-0.3, -0.25) is 9.69 Å². The molecular formula is C28H35N3O7. The number of hydrogen-bond donors (Lipinski definition) is 0. The highest BCUT2D eigenvalue weighted by atomic mass is 16.7. The van der Waals surface area contributed by atoms with Gasteiger partial charge in [0.1, 0.15) is 11.5 Å². The van der Waals surface area contributed by atoms with Gasteiger partial charge in [-0.25, -0.2) is 5.01 Å². The van der Waals surface area contributed by atoms with Gasteiger partial charge < -0.3 is 28.4 Å². The molecule has 3 aliphatic heterocycles. The van der Waals surface area contributed by atoms with Crippen molar-refractivity contribution in [2.75, 3.05) is 61.3 Å². The van der Waals surface area contributed by atoms with E-state index in [4.69, 9.17) is 33.5 Å². The number of benzene rings is 2. The van der Waals surface area contributed by atoms with Gasteiger partial charge in [-0.15, -0.1) is 0 Å². The average molecular weight is 526 g/mol. The van der Waals surface area contributed by atoms with E-state index in [1.54, 1.807) is 33.4 Å². The summed E-state index contributed by atoms with van der Waals surface area (Å²) in [4.78, 5) is 15.9. The van der Waals surface area contributed by atoms with E-state index in [9.17, 15) is 4.79 Å². The lowest BCUT2D eigenvalue weighted by Crippen LogP contribution is -2.48. The van der Waals surface area contributed by atoms with Crippen molar-refractivity contribution in [3.05, 3.63) is 47.5 Å². The molecule has 0 aliphatic carbocycles. The van der Waals surface area contributed by atoms with Crippen LogP contribution in [0.3, 0.4) is 0 Å². The molecule has 5 rings (SSSR count). The topological polar surface area (TPSA) is 91.3 Å². The van der Waals surface area contributed by atoms with Gasteiger partial charge in [-0.2, -0.15) is 5.10 Å². The summed E-state index contributed by atoms with van der Waals surface area (Å²) in [7, 11) is 6.43. The van der Waals surface area contributed by atoms with Crippen molar-refractivity contribution in [1.29, 1.82) is 0 Å². The van der Waals surface area contributed by atoms with Crippen molar-refractivity contribution in [3.8, 4) is 23.0 Å². The molecule has 1 spiro atoms. The first-order chi connectivity index (χ1) is 18.5. The van der Waals surface area contributed by atoms with E-state index >= 15 is 0 Å². The number of likely N-dealkylation sites (tertiary alicyclic amines) is 1. The lowest BCUT2D eigenvalue weighted by atomic mass is 9.97. The first-order valence-corrected chi connectivity index (χ1v) is 12.8. The molecule has 3 heterocycles. The van der Waals surface area contributed by atoms with Gasteiger partial charge in [0.25, 0.3) is 5.91 Å². The molecule has 0 saturated carbocycles. The molecule has 0 radical (unpaired) electrons. The lowest BCUT2D eigenvalue weighted by Gasteiger charge is -2.37. The van der Waals surface area contributed by atoms with E-state index in [1.165, 1.54) is 0 Å². The highest BCUT2D eigenvalue weighted by Crippen LogP contribution is 2.40. The molecule has 0 bridgehead atoms. The van der Waals surface area contributed by atoms with Crippen LogP contribution < -0.4 is 18.9 Å². The Morgan fingerprint density at radius 1 is 0.921 bits per heavy atom. The Kier molecular flexibility index (Phi) is 7.73.